The summed E-state index contributed by atoms with van der Waals surface area (Å²) < 4.78 is 6.05. The molecule has 0 aliphatic carbocycles. The lowest BCUT2D eigenvalue weighted by atomic mass is 9.89. The highest BCUT2D eigenvalue weighted by atomic mass is 79.9. The number of nitro groups is 1. The first-order valence-corrected chi connectivity index (χ1v) is 5.81. The molecule has 1 heterocycles. The van der Waals surface area contributed by atoms with Crippen molar-refractivity contribution in [3.63, 3.8) is 0 Å². The molecule has 0 aromatic heterocycles. The molecule has 0 bridgehead atoms. The van der Waals surface area contributed by atoms with Crippen molar-refractivity contribution in [1.82, 2.24) is 0 Å². The minimum atomic E-state index is -0.675. The Morgan fingerprint density at radius 2 is 2.33 bits per heavy atom. The zero-order chi connectivity index (χ0) is 13.3. The Morgan fingerprint density at radius 1 is 1.61 bits per heavy atom. The van der Waals surface area contributed by atoms with E-state index in [1.807, 2.05) is 6.07 Å². The van der Waals surface area contributed by atoms with Crippen molar-refractivity contribution in [3.05, 3.63) is 49.8 Å². The number of hydrogen-bond donors (Lipinski definition) is 1. The summed E-state index contributed by atoms with van der Waals surface area (Å²) in [5.41, 5.74) is 6.29. The predicted octanol–water partition coefficient (Wildman–Crippen LogP) is 1.90. The van der Waals surface area contributed by atoms with Gasteiger partial charge in [0.1, 0.15) is 17.4 Å². The standard InChI is InChI=1S/C11H8BrN3O3/c12-6-1-2-10-7(3-6)9(5-15(16)17)8(4-13)11(14)18-10/h1-3,9H,5,14H2. The van der Waals surface area contributed by atoms with Crippen molar-refractivity contribution in [2.45, 2.75) is 5.92 Å². The van der Waals surface area contributed by atoms with Crippen LogP contribution < -0.4 is 10.5 Å². The second kappa shape index (κ2) is 4.66. The summed E-state index contributed by atoms with van der Waals surface area (Å²) in [5, 5.41) is 19.7. The molecule has 0 saturated heterocycles. The van der Waals surface area contributed by atoms with Gasteiger partial charge < -0.3 is 10.5 Å². The van der Waals surface area contributed by atoms with E-state index in [4.69, 9.17) is 15.7 Å². The number of hydrogen-bond acceptors (Lipinski definition) is 5. The number of ether oxygens (including phenoxy) is 1. The van der Waals surface area contributed by atoms with E-state index < -0.39 is 17.4 Å². The fourth-order valence-corrected chi connectivity index (χ4v) is 2.24. The summed E-state index contributed by atoms with van der Waals surface area (Å²) in [5.74, 6) is -0.299. The first-order valence-electron chi connectivity index (χ1n) is 5.01. The second-order valence-electron chi connectivity index (χ2n) is 3.74. The molecular formula is C11H8BrN3O3. The summed E-state index contributed by atoms with van der Waals surface area (Å²) in [6, 6.07) is 6.98. The largest absolute Gasteiger partial charge is 0.440 e. The highest BCUT2D eigenvalue weighted by Crippen LogP contribution is 2.39. The van der Waals surface area contributed by atoms with E-state index in [9.17, 15) is 10.1 Å². The van der Waals surface area contributed by atoms with Gasteiger partial charge in [-0.1, -0.05) is 15.9 Å². The molecule has 1 aliphatic rings. The average Bonchev–Trinajstić information content (AvgIpc) is 2.30. The number of nitrogens with zero attached hydrogens (tertiary/aromatic N) is 2. The van der Waals surface area contributed by atoms with Crippen molar-refractivity contribution in [3.8, 4) is 11.8 Å². The molecule has 0 saturated carbocycles. The van der Waals surface area contributed by atoms with E-state index in [0.29, 0.717) is 11.3 Å². The van der Waals surface area contributed by atoms with Crippen LogP contribution in [-0.4, -0.2) is 11.5 Å². The molecule has 0 spiro atoms. The Kier molecular flexibility index (Phi) is 3.21. The molecule has 2 rings (SSSR count). The first-order chi connectivity index (χ1) is 8.52. The molecule has 7 heteroatoms. The lowest BCUT2D eigenvalue weighted by molar-refractivity contribution is -0.482. The third-order valence-corrected chi connectivity index (χ3v) is 3.13. The topological polar surface area (TPSA) is 102 Å². The van der Waals surface area contributed by atoms with Crippen molar-refractivity contribution < 1.29 is 9.66 Å². The van der Waals surface area contributed by atoms with Crippen LogP contribution in [0.3, 0.4) is 0 Å². The van der Waals surface area contributed by atoms with E-state index in [1.54, 1.807) is 18.2 Å². The van der Waals surface area contributed by atoms with Gasteiger partial charge in [0.2, 0.25) is 12.4 Å². The van der Waals surface area contributed by atoms with Crippen LogP contribution in [0.4, 0.5) is 0 Å². The lowest BCUT2D eigenvalue weighted by Crippen LogP contribution is -2.24. The molecule has 18 heavy (non-hydrogen) atoms. The highest BCUT2D eigenvalue weighted by molar-refractivity contribution is 9.10. The van der Waals surface area contributed by atoms with Crippen molar-refractivity contribution >= 4 is 15.9 Å². The maximum Gasteiger partial charge on any atom is 0.215 e. The molecule has 0 amide bonds. The monoisotopic (exact) mass is 309 g/mol. The average molecular weight is 310 g/mol. The summed E-state index contributed by atoms with van der Waals surface area (Å²) in [6.45, 7) is -0.392. The first kappa shape index (κ1) is 12.4. The lowest BCUT2D eigenvalue weighted by Gasteiger charge is -2.23. The van der Waals surface area contributed by atoms with Crippen LogP contribution in [0, 0.1) is 21.4 Å². The summed E-state index contributed by atoms with van der Waals surface area (Å²) in [6.07, 6.45) is 0. The van der Waals surface area contributed by atoms with Gasteiger partial charge in [0.05, 0.1) is 5.92 Å². The Hall–Kier alpha value is -2.07. The summed E-state index contributed by atoms with van der Waals surface area (Å²) >= 11 is 3.29. The molecule has 1 aliphatic heterocycles. The smallest absolute Gasteiger partial charge is 0.215 e. The van der Waals surface area contributed by atoms with Crippen LogP contribution >= 0.6 is 15.9 Å². The van der Waals surface area contributed by atoms with Gasteiger partial charge in [-0.15, -0.1) is 0 Å². The fraction of sp³-hybridized carbons (Fsp3) is 0.182. The van der Waals surface area contributed by atoms with Crippen LogP contribution in [0.1, 0.15) is 11.5 Å². The molecule has 6 nitrogen and oxygen atoms in total. The maximum atomic E-state index is 10.7. The second-order valence-corrected chi connectivity index (χ2v) is 4.66. The van der Waals surface area contributed by atoms with Gasteiger partial charge >= 0.3 is 0 Å². The molecule has 1 aromatic rings. The number of fused-ring (bicyclic) bond motifs is 1. The fourth-order valence-electron chi connectivity index (χ4n) is 1.86. The molecule has 1 atom stereocenters. The van der Waals surface area contributed by atoms with E-state index in [-0.39, 0.29) is 11.5 Å². The van der Waals surface area contributed by atoms with Crippen LogP contribution in [0.5, 0.6) is 5.75 Å². The van der Waals surface area contributed by atoms with Gasteiger partial charge in [0.25, 0.3) is 0 Å². The molecule has 1 unspecified atom stereocenters. The minimum Gasteiger partial charge on any atom is -0.440 e. The predicted molar refractivity (Wildman–Crippen MR) is 66.2 cm³/mol. The Morgan fingerprint density at radius 3 is 2.94 bits per heavy atom. The number of rotatable bonds is 2. The van der Waals surface area contributed by atoms with Crippen LogP contribution in [0.25, 0.3) is 0 Å². The third-order valence-electron chi connectivity index (χ3n) is 2.63. The van der Waals surface area contributed by atoms with Gasteiger partial charge in [0, 0.05) is 15.0 Å². The van der Waals surface area contributed by atoms with Gasteiger partial charge in [-0.2, -0.15) is 5.26 Å². The van der Waals surface area contributed by atoms with E-state index in [1.165, 1.54) is 0 Å². The molecule has 1 aromatic carbocycles. The van der Waals surface area contributed by atoms with Gasteiger partial charge in [-0.25, -0.2) is 0 Å². The highest BCUT2D eigenvalue weighted by Gasteiger charge is 2.32. The molecule has 0 fully saturated rings. The van der Waals surface area contributed by atoms with Gasteiger partial charge in [0.15, 0.2) is 0 Å². The van der Waals surface area contributed by atoms with Crippen molar-refractivity contribution in [1.29, 1.82) is 5.26 Å². The molecule has 2 N–H and O–H groups in total. The third kappa shape index (κ3) is 2.15. The maximum absolute atomic E-state index is 10.7. The van der Waals surface area contributed by atoms with Gasteiger partial charge in [-0.05, 0) is 18.2 Å². The van der Waals surface area contributed by atoms with Crippen LogP contribution in [-0.2, 0) is 0 Å². The van der Waals surface area contributed by atoms with Crippen LogP contribution in [0.2, 0.25) is 0 Å². The number of benzene rings is 1. The van der Waals surface area contributed by atoms with E-state index >= 15 is 0 Å². The summed E-state index contributed by atoms with van der Waals surface area (Å²) in [7, 11) is 0. The summed E-state index contributed by atoms with van der Waals surface area (Å²) in [4.78, 5) is 10.2. The SMILES string of the molecule is N#CC1=C(N)Oc2ccc(Br)cc2C1C[N+](=O)[O-]. The Balaban J connectivity index is 2.55. The Bertz CT molecular complexity index is 592. The van der Waals surface area contributed by atoms with E-state index in [2.05, 4.69) is 15.9 Å². The Labute approximate surface area is 111 Å². The van der Waals surface area contributed by atoms with Gasteiger partial charge in [-0.3, -0.25) is 10.1 Å². The van der Waals surface area contributed by atoms with Crippen molar-refractivity contribution in [2.24, 2.45) is 5.73 Å². The van der Waals surface area contributed by atoms with Crippen molar-refractivity contribution in [2.75, 3.05) is 6.54 Å². The minimum absolute atomic E-state index is 0.0702. The molecular weight excluding hydrogens is 302 g/mol. The van der Waals surface area contributed by atoms with Crippen LogP contribution in [0.15, 0.2) is 34.1 Å². The quantitative estimate of drug-likeness (QED) is 0.664. The molecule has 0 radical (unpaired) electrons. The zero-order valence-corrected chi connectivity index (χ0v) is 10.7. The van der Waals surface area contributed by atoms with E-state index in [0.717, 1.165) is 4.47 Å². The number of halogens is 1. The zero-order valence-electron chi connectivity index (χ0n) is 9.09. The normalized spacial score (nSPS) is 17.7. The number of nitrogens with two attached hydrogens (primary N) is 1. The number of nitriles is 1. The molecule has 92 valence electrons.